The summed E-state index contributed by atoms with van der Waals surface area (Å²) in [6.45, 7) is 9.24. The van der Waals surface area contributed by atoms with Crippen LogP contribution in [0.25, 0.3) is 0 Å². The third-order valence-corrected chi connectivity index (χ3v) is 6.09. The van der Waals surface area contributed by atoms with Crippen LogP contribution in [0.15, 0.2) is 24.5 Å². The Morgan fingerprint density at radius 2 is 2.15 bits per heavy atom. The molecule has 7 heteroatoms. The highest BCUT2D eigenvalue weighted by Gasteiger charge is 2.23. The highest BCUT2D eigenvalue weighted by Crippen LogP contribution is 2.30. The first kappa shape index (κ1) is 18.1. The van der Waals surface area contributed by atoms with Crippen LogP contribution in [-0.4, -0.2) is 37.9 Å². The predicted molar refractivity (Wildman–Crippen MR) is 110 cm³/mol. The zero-order valence-electron chi connectivity index (χ0n) is 16.1. The molecule has 0 aromatic carbocycles. The Hall–Kier alpha value is -2.25. The normalized spacial score (nSPS) is 18.0. The molecule has 27 heavy (non-hydrogen) atoms. The molecule has 4 heterocycles. The minimum atomic E-state index is 0.453. The molecular weight excluding hydrogens is 356 g/mol. The largest absolute Gasteiger partial charge is 0.348 e. The number of thiazole rings is 1. The number of piperidine rings is 1. The van der Waals surface area contributed by atoms with Gasteiger partial charge in [-0.3, -0.25) is 9.88 Å². The molecule has 1 aliphatic rings. The maximum absolute atomic E-state index is 4.85. The topological polar surface area (TPSA) is 69.7 Å². The molecular formula is C20H26N6S. The van der Waals surface area contributed by atoms with Crippen LogP contribution in [0.1, 0.15) is 46.5 Å². The van der Waals surface area contributed by atoms with Crippen molar-refractivity contribution in [3.8, 4) is 0 Å². The van der Waals surface area contributed by atoms with Crippen LogP contribution in [0, 0.1) is 20.8 Å². The van der Waals surface area contributed by atoms with Gasteiger partial charge in [0.25, 0.3) is 0 Å². The smallest absolute Gasteiger partial charge is 0.187 e. The number of nitrogens with zero attached hydrogens (tertiary/aromatic N) is 4. The van der Waals surface area contributed by atoms with Gasteiger partial charge in [0.15, 0.2) is 5.13 Å². The van der Waals surface area contributed by atoms with E-state index in [1.807, 2.05) is 12.4 Å². The molecule has 1 aliphatic heterocycles. The number of aromatic amines is 1. The monoisotopic (exact) mass is 382 g/mol. The van der Waals surface area contributed by atoms with E-state index >= 15 is 0 Å². The number of pyridine rings is 1. The summed E-state index contributed by atoms with van der Waals surface area (Å²) in [7, 11) is 0. The second-order valence-corrected chi connectivity index (χ2v) is 8.52. The minimum absolute atomic E-state index is 0.453. The lowest BCUT2D eigenvalue weighted by Crippen LogP contribution is -2.34. The van der Waals surface area contributed by atoms with Crippen LogP contribution >= 0.6 is 11.3 Å². The average Bonchev–Trinajstić information content (AvgIpc) is 3.24. The average molecular weight is 383 g/mol. The second kappa shape index (κ2) is 7.78. The summed E-state index contributed by atoms with van der Waals surface area (Å²) in [6, 6.07) is 4.29. The second-order valence-electron chi connectivity index (χ2n) is 7.32. The number of hydrogen-bond donors (Lipinski definition) is 2. The minimum Gasteiger partial charge on any atom is -0.348 e. The van der Waals surface area contributed by atoms with Crippen LogP contribution in [0.3, 0.4) is 0 Å². The molecule has 3 aromatic heterocycles. The molecule has 1 saturated heterocycles. The first-order valence-corrected chi connectivity index (χ1v) is 10.3. The van der Waals surface area contributed by atoms with Gasteiger partial charge < -0.3 is 10.3 Å². The molecule has 0 saturated carbocycles. The van der Waals surface area contributed by atoms with Gasteiger partial charge in [-0.1, -0.05) is 0 Å². The molecule has 0 radical (unpaired) electrons. The van der Waals surface area contributed by atoms with Crippen molar-refractivity contribution in [1.82, 2.24) is 24.8 Å². The Morgan fingerprint density at radius 3 is 2.89 bits per heavy atom. The Bertz CT molecular complexity index is 882. The van der Waals surface area contributed by atoms with Gasteiger partial charge in [-0.25, -0.2) is 9.97 Å². The van der Waals surface area contributed by atoms with Crippen molar-refractivity contribution < 1.29 is 0 Å². The van der Waals surface area contributed by atoms with E-state index in [1.165, 1.54) is 23.4 Å². The Morgan fingerprint density at radius 1 is 1.26 bits per heavy atom. The molecule has 3 aromatic rings. The summed E-state index contributed by atoms with van der Waals surface area (Å²) in [5.41, 5.74) is 4.39. The third kappa shape index (κ3) is 4.36. The molecule has 0 aliphatic carbocycles. The van der Waals surface area contributed by atoms with E-state index in [2.05, 4.69) is 58.1 Å². The maximum atomic E-state index is 4.85. The Labute approximate surface area is 164 Å². The fourth-order valence-electron chi connectivity index (χ4n) is 3.66. The first-order valence-electron chi connectivity index (χ1n) is 9.47. The number of anilines is 2. The van der Waals surface area contributed by atoms with Crippen LogP contribution in [-0.2, 0) is 6.54 Å². The van der Waals surface area contributed by atoms with E-state index in [9.17, 15) is 0 Å². The molecule has 0 bridgehead atoms. The number of imidazole rings is 1. The molecule has 1 atom stereocenters. The summed E-state index contributed by atoms with van der Waals surface area (Å²) in [4.78, 5) is 20.7. The van der Waals surface area contributed by atoms with Crippen molar-refractivity contribution >= 4 is 22.2 Å². The molecule has 1 fully saturated rings. The van der Waals surface area contributed by atoms with Gasteiger partial charge in [0.05, 0.1) is 12.2 Å². The van der Waals surface area contributed by atoms with Crippen molar-refractivity contribution in [3.63, 3.8) is 0 Å². The lowest BCUT2D eigenvalue weighted by atomic mass is 9.93. The predicted octanol–water partition coefficient (Wildman–Crippen LogP) is 4.31. The van der Waals surface area contributed by atoms with Crippen LogP contribution < -0.4 is 5.32 Å². The summed E-state index contributed by atoms with van der Waals surface area (Å²) in [5.74, 6) is 1.48. The van der Waals surface area contributed by atoms with Gasteiger partial charge in [0, 0.05) is 46.8 Å². The van der Waals surface area contributed by atoms with Crippen LogP contribution in [0.2, 0.25) is 0 Å². The SMILES string of the molecule is Cc1cc(Nc2nc(C)c(C)s2)cc([C@@H]2CCCN(Cc3ncc[nH]3)C2)n1. The quantitative estimate of drug-likeness (QED) is 0.688. The standard InChI is InChI=1S/C20H26N6S/c1-13-9-17(25-20-24-14(2)15(3)27-20)10-18(23-13)16-5-4-8-26(11-16)12-19-21-6-7-22-19/h6-7,9-10,16H,4-5,8,11-12H2,1-3H3,(H,21,22)(H,23,24,25)/t16-/m1/s1. The molecule has 4 rings (SSSR count). The number of aromatic nitrogens is 4. The molecule has 142 valence electrons. The van der Waals surface area contributed by atoms with Gasteiger partial charge in [-0.15, -0.1) is 11.3 Å². The summed E-state index contributed by atoms with van der Waals surface area (Å²) >= 11 is 1.70. The van der Waals surface area contributed by atoms with E-state index < -0.39 is 0 Å². The van der Waals surface area contributed by atoms with E-state index in [1.54, 1.807) is 11.3 Å². The highest BCUT2D eigenvalue weighted by molar-refractivity contribution is 7.15. The number of nitrogens with one attached hydrogen (secondary N) is 2. The zero-order chi connectivity index (χ0) is 18.8. The van der Waals surface area contributed by atoms with Gasteiger partial charge in [-0.05, 0) is 52.3 Å². The van der Waals surface area contributed by atoms with Crippen molar-refractivity contribution in [3.05, 3.63) is 52.3 Å². The number of H-pyrrole nitrogens is 1. The van der Waals surface area contributed by atoms with E-state index in [0.717, 1.165) is 47.7 Å². The van der Waals surface area contributed by atoms with Gasteiger partial charge >= 0.3 is 0 Å². The molecule has 6 nitrogen and oxygen atoms in total. The molecule has 2 N–H and O–H groups in total. The number of likely N-dealkylation sites (tertiary alicyclic amines) is 1. The van der Waals surface area contributed by atoms with Crippen molar-refractivity contribution in [2.75, 3.05) is 18.4 Å². The third-order valence-electron chi connectivity index (χ3n) is 5.11. The van der Waals surface area contributed by atoms with E-state index in [4.69, 9.17) is 4.98 Å². The van der Waals surface area contributed by atoms with Crippen molar-refractivity contribution in [2.45, 2.75) is 46.1 Å². The van der Waals surface area contributed by atoms with Gasteiger partial charge in [-0.2, -0.15) is 0 Å². The Balaban J connectivity index is 1.49. The van der Waals surface area contributed by atoms with Crippen molar-refractivity contribution in [1.29, 1.82) is 0 Å². The number of hydrogen-bond acceptors (Lipinski definition) is 6. The highest BCUT2D eigenvalue weighted by atomic mass is 32.1. The molecule has 0 amide bonds. The summed E-state index contributed by atoms with van der Waals surface area (Å²) < 4.78 is 0. The van der Waals surface area contributed by atoms with E-state index in [0.29, 0.717) is 5.92 Å². The van der Waals surface area contributed by atoms with Gasteiger partial charge in [0.1, 0.15) is 5.82 Å². The van der Waals surface area contributed by atoms with Crippen LogP contribution in [0.5, 0.6) is 0 Å². The lowest BCUT2D eigenvalue weighted by Gasteiger charge is -2.32. The first-order chi connectivity index (χ1) is 13.1. The fraction of sp³-hybridized carbons (Fsp3) is 0.450. The number of rotatable bonds is 5. The Kier molecular flexibility index (Phi) is 5.22. The zero-order valence-corrected chi connectivity index (χ0v) is 16.9. The van der Waals surface area contributed by atoms with Crippen molar-refractivity contribution in [2.24, 2.45) is 0 Å². The number of aryl methyl sites for hydroxylation is 3. The summed E-state index contributed by atoms with van der Waals surface area (Å²) in [5, 5.41) is 4.42. The molecule has 0 unspecified atom stereocenters. The van der Waals surface area contributed by atoms with Gasteiger partial charge in [0.2, 0.25) is 0 Å². The maximum Gasteiger partial charge on any atom is 0.187 e. The van der Waals surface area contributed by atoms with E-state index in [-0.39, 0.29) is 0 Å². The fourth-order valence-corrected chi connectivity index (χ4v) is 4.50. The summed E-state index contributed by atoms with van der Waals surface area (Å²) in [6.07, 6.45) is 6.08. The molecule has 0 spiro atoms. The van der Waals surface area contributed by atoms with Crippen LogP contribution in [0.4, 0.5) is 10.8 Å². The lowest BCUT2D eigenvalue weighted by molar-refractivity contribution is 0.194.